The predicted octanol–water partition coefficient (Wildman–Crippen LogP) is 1.41. The van der Waals surface area contributed by atoms with Gasteiger partial charge in [0.25, 0.3) is 0 Å². The van der Waals surface area contributed by atoms with E-state index in [2.05, 4.69) is 22.4 Å². The normalized spacial score (nSPS) is 29.5. The molecule has 0 bridgehead atoms. The summed E-state index contributed by atoms with van der Waals surface area (Å²) in [7, 11) is 0. The summed E-state index contributed by atoms with van der Waals surface area (Å²) in [5.41, 5.74) is -0.559. The van der Waals surface area contributed by atoms with Crippen molar-refractivity contribution >= 4 is 0 Å². The van der Waals surface area contributed by atoms with Gasteiger partial charge in [-0.1, -0.05) is 24.9 Å². The topological polar surface area (TPSA) is 71.2 Å². The first-order valence-electron chi connectivity index (χ1n) is 6.30. The third kappa shape index (κ3) is 3.51. The van der Waals surface area contributed by atoms with Gasteiger partial charge in [-0.2, -0.15) is 4.98 Å². The number of hydrogen-bond acceptors (Lipinski definition) is 5. The Morgan fingerprint density at radius 3 is 3.06 bits per heavy atom. The van der Waals surface area contributed by atoms with E-state index in [-0.39, 0.29) is 0 Å². The van der Waals surface area contributed by atoms with Crippen LogP contribution in [0.25, 0.3) is 0 Å². The van der Waals surface area contributed by atoms with Crippen LogP contribution in [0.2, 0.25) is 0 Å². The zero-order valence-electron chi connectivity index (χ0n) is 10.6. The van der Waals surface area contributed by atoms with Gasteiger partial charge in [0.1, 0.15) is 0 Å². The number of nitrogens with zero attached hydrogens (tertiary/aromatic N) is 2. The third-order valence-electron chi connectivity index (χ3n) is 3.37. The summed E-state index contributed by atoms with van der Waals surface area (Å²) in [6.07, 6.45) is 4.11. The standard InChI is InChI=1S/C12H21N3O2/c1-9-4-3-5-12(16,6-9)8-13-7-11-14-10(2)17-15-11/h9,13,16H,3-8H2,1-2H3. The van der Waals surface area contributed by atoms with Crippen LogP contribution in [0.5, 0.6) is 0 Å². The lowest BCUT2D eigenvalue weighted by atomic mass is 9.79. The highest BCUT2D eigenvalue weighted by atomic mass is 16.5. The maximum absolute atomic E-state index is 10.4. The van der Waals surface area contributed by atoms with E-state index >= 15 is 0 Å². The highest BCUT2D eigenvalue weighted by molar-refractivity contribution is 4.89. The van der Waals surface area contributed by atoms with E-state index in [9.17, 15) is 5.11 Å². The van der Waals surface area contributed by atoms with E-state index in [1.165, 1.54) is 6.42 Å². The number of rotatable bonds is 4. The molecule has 1 fully saturated rings. The van der Waals surface area contributed by atoms with Crippen LogP contribution in [0.4, 0.5) is 0 Å². The molecule has 1 aliphatic carbocycles. The zero-order valence-corrected chi connectivity index (χ0v) is 10.6. The lowest BCUT2D eigenvalue weighted by molar-refractivity contribution is -0.0120. The van der Waals surface area contributed by atoms with Crippen LogP contribution in [0, 0.1) is 12.8 Å². The van der Waals surface area contributed by atoms with Crippen LogP contribution in [-0.2, 0) is 6.54 Å². The third-order valence-corrected chi connectivity index (χ3v) is 3.37. The van der Waals surface area contributed by atoms with E-state index in [1.807, 2.05) is 0 Å². The molecule has 0 saturated heterocycles. The molecular formula is C12H21N3O2. The fraction of sp³-hybridized carbons (Fsp3) is 0.833. The zero-order chi connectivity index (χ0) is 12.3. The fourth-order valence-corrected chi connectivity index (χ4v) is 2.61. The smallest absolute Gasteiger partial charge is 0.223 e. The second kappa shape index (κ2) is 5.14. The molecule has 1 aromatic heterocycles. The van der Waals surface area contributed by atoms with Crippen molar-refractivity contribution in [2.24, 2.45) is 5.92 Å². The Hall–Kier alpha value is -0.940. The highest BCUT2D eigenvalue weighted by Gasteiger charge is 2.32. The SMILES string of the molecule is Cc1nc(CNCC2(O)CCCC(C)C2)no1. The van der Waals surface area contributed by atoms with Crippen molar-refractivity contribution in [1.29, 1.82) is 0 Å². The summed E-state index contributed by atoms with van der Waals surface area (Å²) >= 11 is 0. The van der Waals surface area contributed by atoms with Crippen molar-refractivity contribution in [2.75, 3.05) is 6.54 Å². The van der Waals surface area contributed by atoms with Crippen molar-refractivity contribution in [3.8, 4) is 0 Å². The van der Waals surface area contributed by atoms with E-state index in [0.717, 1.165) is 19.3 Å². The number of aliphatic hydroxyl groups is 1. The molecule has 2 unspecified atom stereocenters. The summed E-state index contributed by atoms with van der Waals surface area (Å²) in [5, 5.41) is 17.4. The van der Waals surface area contributed by atoms with Gasteiger partial charge in [0, 0.05) is 13.5 Å². The van der Waals surface area contributed by atoms with Crippen LogP contribution < -0.4 is 5.32 Å². The average Bonchev–Trinajstić information content (AvgIpc) is 2.63. The Morgan fingerprint density at radius 1 is 1.59 bits per heavy atom. The molecular weight excluding hydrogens is 218 g/mol. The maximum atomic E-state index is 10.4. The lowest BCUT2D eigenvalue weighted by Gasteiger charge is -2.35. The molecule has 5 nitrogen and oxygen atoms in total. The summed E-state index contributed by atoms with van der Waals surface area (Å²) in [4.78, 5) is 4.11. The van der Waals surface area contributed by atoms with E-state index in [4.69, 9.17) is 4.52 Å². The Balaban J connectivity index is 1.77. The van der Waals surface area contributed by atoms with Gasteiger partial charge >= 0.3 is 0 Å². The van der Waals surface area contributed by atoms with Crippen molar-refractivity contribution in [2.45, 2.75) is 51.7 Å². The summed E-state index contributed by atoms with van der Waals surface area (Å²) in [5.74, 6) is 1.84. The molecule has 1 heterocycles. The van der Waals surface area contributed by atoms with Gasteiger partial charge < -0.3 is 14.9 Å². The molecule has 1 aliphatic rings. The number of aryl methyl sites for hydroxylation is 1. The second-order valence-electron chi connectivity index (χ2n) is 5.26. The summed E-state index contributed by atoms with van der Waals surface area (Å²) < 4.78 is 4.89. The van der Waals surface area contributed by atoms with Gasteiger partial charge in [0.2, 0.25) is 5.89 Å². The summed E-state index contributed by atoms with van der Waals surface area (Å²) in [6.45, 7) is 5.12. The molecule has 0 aromatic carbocycles. The number of aromatic nitrogens is 2. The van der Waals surface area contributed by atoms with E-state index in [0.29, 0.717) is 30.7 Å². The average molecular weight is 239 g/mol. The van der Waals surface area contributed by atoms with Gasteiger partial charge in [-0.3, -0.25) is 0 Å². The second-order valence-corrected chi connectivity index (χ2v) is 5.26. The Morgan fingerprint density at radius 2 is 2.41 bits per heavy atom. The largest absolute Gasteiger partial charge is 0.389 e. The molecule has 5 heteroatoms. The molecule has 0 amide bonds. The van der Waals surface area contributed by atoms with Crippen molar-refractivity contribution in [3.63, 3.8) is 0 Å². The Kier molecular flexibility index (Phi) is 3.79. The number of nitrogens with one attached hydrogen (secondary N) is 1. The first-order valence-corrected chi connectivity index (χ1v) is 6.30. The summed E-state index contributed by atoms with van der Waals surface area (Å²) in [6, 6.07) is 0. The Labute approximate surface area is 102 Å². The van der Waals surface area contributed by atoms with Crippen LogP contribution in [0.15, 0.2) is 4.52 Å². The quantitative estimate of drug-likeness (QED) is 0.831. The number of hydrogen-bond donors (Lipinski definition) is 2. The van der Waals surface area contributed by atoms with Gasteiger partial charge in [-0.25, -0.2) is 0 Å². The van der Waals surface area contributed by atoms with Crippen LogP contribution in [-0.4, -0.2) is 27.4 Å². The first-order chi connectivity index (χ1) is 8.07. The monoisotopic (exact) mass is 239 g/mol. The van der Waals surface area contributed by atoms with Gasteiger partial charge in [-0.05, 0) is 18.8 Å². The van der Waals surface area contributed by atoms with Crippen molar-refractivity contribution in [1.82, 2.24) is 15.5 Å². The lowest BCUT2D eigenvalue weighted by Crippen LogP contribution is -2.43. The molecule has 17 heavy (non-hydrogen) atoms. The van der Waals surface area contributed by atoms with E-state index < -0.39 is 5.60 Å². The van der Waals surface area contributed by atoms with Crippen LogP contribution >= 0.6 is 0 Å². The molecule has 0 spiro atoms. The molecule has 96 valence electrons. The van der Waals surface area contributed by atoms with Gasteiger partial charge in [-0.15, -0.1) is 0 Å². The van der Waals surface area contributed by atoms with Gasteiger partial charge in [0.05, 0.1) is 12.1 Å². The predicted molar refractivity (Wildman–Crippen MR) is 63.3 cm³/mol. The van der Waals surface area contributed by atoms with Crippen molar-refractivity contribution in [3.05, 3.63) is 11.7 Å². The molecule has 2 N–H and O–H groups in total. The minimum absolute atomic E-state index is 0.550. The Bertz CT molecular complexity index is 366. The molecule has 1 saturated carbocycles. The maximum Gasteiger partial charge on any atom is 0.223 e. The van der Waals surface area contributed by atoms with Gasteiger partial charge in [0.15, 0.2) is 5.82 Å². The van der Waals surface area contributed by atoms with Crippen molar-refractivity contribution < 1.29 is 9.63 Å². The molecule has 2 atom stereocenters. The molecule has 0 radical (unpaired) electrons. The van der Waals surface area contributed by atoms with Crippen LogP contribution in [0.3, 0.4) is 0 Å². The fourth-order valence-electron chi connectivity index (χ4n) is 2.61. The minimum Gasteiger partial charge on any atom is -0.389 e. The minimum atomic E-state index is -0.559. The van der Waals surface area contributed by atoms with Crippen LogP contribution in [0.1, 0.15) is 44.3 Å². The van der Waals surface area contributed by atoms with E-state index in [1.54, 1.807) is 6.92 Å². The molecule has 1 aromatic rings. The first kappa shape index (κ1) is 12.5. The highest BCUT2D eigenvalue weighted by Crippen LogP contribution is 2.31. The molecule has 2 rings (SSSR count). The molecule has 0 aliphatic heterocycles.